The van der Waals surface area contributed by atoms with Crippen molar-refractivity contribution in [3.63, 3.8) is 0 Å². The van der Waals surface area contributed by atoms with Crippen LogP contribution in [0.15, 0.2) is 4.52 Å². The largest absolute Gasteiger partial charge is 0.391 e. The maximum Gasteiger partial charge on any atom is 0.239 e. The maximum absolute atomic E-state index is 12.4. The van der Waals surface area contributed by atoms with Crippen LogP contribution in [0.4, 0.5) is 0 Å². The van der Waals surface area contributed by atoms with Crippen molar-refractivity contribution < 1.29 is 24.0 Å². The van der Waals surface area contributed by atoms with Gasteiger partial charge in [-0.05, 0) is 32.1 Å². The zero-order valence-electron chi connectivity index (χ0n) is 15.6. The predicted molar refractivity (Wildman–Crippen MR) is 94.6 cm³/mol. The van der Waals surface area contributed by atoms with Gasteiger partial charge in [0.25, 0.3) is 0 Å². The molecule has 3 N–H and O–H groups in total. The normalized spacial score (nSPS) is 27.2. The summed E-state index contributed by atoms with van der Waals surface area (Å²) in [5.41, 5.74) is 0. The van der Waals surface area contributed by atoms with Gasteiger partial charge in [-0.25, -0.2) is 0 Å². The summed E-state index contributed by atoms with van der Waals surface area (Å²) >= 11 is 0. The van der Waals surface area contributed by atoms with E-state index in [0.717, 1.165) is 19.3 Å². The number of carbonyl (C=O) groups is 3. The molecule has 1 saturated heterocycles. The Bertz CT molecular complexity index is 761. The van der Waals surface area contributed by atoms with Gasteiger partial charge in [0.15, 0.2) is 5.82 Å². The quantitative estimate of drug-likeness (QED) is 0.566. The number of hydrogen-bond acceptors (Lipinski definition) is 7. The van der Waals surface area contributed by atoms with E-state index >= 15 is 0 Å². The van der Waals surface area contributed by atoms with Crippen molar-refractivity contribution in [3.05, 3.63) is 11.7 Å². The van der Waals surface area contributed by atoms with Gasteiger partial charge in [0.1, 0.15) is 0 Å². The van der Waals surface area contributed by atoms with Crippen molar-refractivity contribution in [2.45, 2.75) is 63.1 Å². The Morgan fingerprint density at radius 2 is 2.11 bits per heavy atom. The van der Waals surface area contributed by atoms with Crippen molar-refractivity contribution in [1.29, 1.82) is 0 Å². The summed E-state index contributed by atoms with van der Waals surface area (Å²) in [4.78, 5) is 41.9. The molecule has 1 aromatic rings. The van der Waals surface area contributed by atoms with Gasteiger partial charge in [-0.1, -0.05) is 5.16 Å². The summed E-state index contributed by atoms with van der Waals surface area (Å²) in [6.45, 7) is 0.763. The van der Waals surface area contributed by atoms with E-state index in [4.69, 9.17) is 4.52 Å². The highest BCUT2D eigenvalue weighted by Gasteiger charge is 2.38. The summed E-state index contributed by atoms with van der Waals surface area (Å²) in [7, 11) is 0. The lowest BCUT2D eigenvalue weighted by molar-refractivity contribution is -0.133. The van der Waals surface area contributed by atoms with Gasteiger partial charge in [0, 0.05) is 24.8 Å². The standard InChI is InChI=1S/C18H25N5O5/c24-13-7-11(6-12(13)20-15(25)9-23-5-1-2-16(23)26)17(27)19-8-14-21-18(28-22-14)10-3-4-10/h10-13,24H,1-9H2,(H,19,27)(H,20,25)/t11-,12+,13+/m0/s1. The Hall–Kier alpha value is -2.49. The first kappa shape index (κ1) is 18.9. The minimum Gasteiger partial charge on any atom is -0.391 e. The van der Waals surface area contributed by atoms with E-state index in [0.29, 0.717) is 37.0 Å². The number of rotatable bonds is 7. The number of amides is 3. The number of nitrogens with one attached hydrogen (secondary N) is 2. The van der Waals surface area contributed by atoms with Crippen molar-refractivity contribution in [1.82, 2.24) is 25.7 Å². The predicted octanol–water partition coefficient (Wildman–Crippen LogP) is -0.559. The molecule has 1 aromatic heterocycles. The molecule has 28 heavy (non-hydrogen) atoms. The summed E-state index contributed by atoms with van der Waals surface area (Å²) < 4.78 is 5.16. The smallest absolute Gasteiger partial charge is 0.239 e. The molecule has 152 valence electrons. The SMILES string of the molecule is O=C(CN1CCCC1=O)N[C@@H]1C[C@H](C(=O)NCc2noc(C3CC3)n2)C[C@H]1O. The summed E-state index contributed by atoms with van der Waals surface area (Å²) in [5.74, 6) is 0.494. The molecule has 10 heteroatoms. The van der Waals surface area contributed by atoms with Crippen LogP contribution in [0, 0.1) is 5.92 Å². The molecule has 0 bridgehead atoms. The fraction of sp³-hybridized carbons (Fsp3) is 0.722. The van der Waals surface area contributed by atoms with Crippen LogP contribution in [-0.2, 0) is 20.9 Å². The molecule has 3 fully saturated rings. The number of aliphatic hydroxyl groups is 1. The van der Waals surface area contributed by atoms with E-state index in [9.17, 15) is 19.5 Å². The molecule has 0 radical (unpaired) electrons. The molecule has 0 spiro atoms. The molecule has 4 rings (SSSR count). The zero-order chi connectivity index (χ0) is 19.7. The third-order valence-electron chi connectivity index (χ3n) is 5.58. The molecule has 10 nitrogen and oxygen atoms in total. The molecule has 1 aliphatic heterocycles. The molecule has 0 aromatic carbocycles. The van der Waals surface area contributed by atoms with E-state index in [-0.39, 0.29) is 37.2 Å². The van der Waals surface area contributed by atoms with Gasteiger partial charge in [-0.3, -0.25) is 14.4 Å². The van der Waals surface area contributed by atoms with Crippen molar-refractivity contribution in [3.8, 4) is 0 Å². The van der Waals surface area contributed by atoms with Gasteiger partial charge < -0.3 is 25.2 Å². The Balaban J connectivity index is 1.22. The Morgan fingerprint density at radius 3 is 2.82 bits per heavy atom. The molecule has 0 unspecified atom stereocenters. The molecule has 3 amide bonds. The second kappa shape index (κ2) is 7.86. The minimum atomic E-state index is -0.791. The van der Waals surface area contributed by atoms with Crippen molar-refractivity contribution in [2.75, 3.05) is 13.1 Å². The van der Waals surface area contributed by atoms with E-state index in [2.05, 4.69) is 20.8 Å². The lowest BCUT2D eigenvalue weighted by atomic mass is 10.1. The topological polar surface area (TPSA) is 138 Å². The van der Waals surface area contributed by atoms with Crippen molar-refractivity contribution in [2.24, 2.45) is 5.92 Å². The number of hydrogen-bond donors (Lipinski definition) is 3. The number of nitrogens with zero attached hydrogens (tertiary/aromatic N) is 3. The second-order valence-electron chi connectivity index (χ2n) is 7.87. The van der Waals surface area contributed by atoms with Crippen molar-refractivity contribution >= 4 is 17.7 Å². The van der Waals surface area contributed by atoms with Crippen LogP contribution < -0.4 is 10.6 Å². The van der Waals surface area contributed by atoms with Gasteiger partial charge in [-0.15, -0.1) is 0 Å². The minimum absolute atomic E-state index is 0.0000715. The number of carbonyl (C=O) groups excluding carboxylic acids is 3. The van der Waals surface area contributed by atoms with Crippen LogP contribution in [0.3, 0.4) is 0 Å². The maximum atomic E-state index is 12.4. The summed E-state index contributed by atoms with van der Waals surface area (Å²) in [6.07, 6.45) is 3.21. The zero-order valence-corrected chi connectivity index (χ0v) is 15.6. The number of aromatic nitrogens is 2. The van der Waals surface area contributed by atoms with E-state index in [1.165, 1.54) is 4.90 Å². The van der Waals surface area contributed by atoms with Crippen LogP contribution in [0.25, 0.3) is 0 Å². The van der Waals surface area contributed by atoms with Crippen LogP contribution in [0.1, 0.15) is 56.2 Å². The first-order valence-electron chi connectivity index (χ1n) is 9.85. The average Bonchev–Trinajstić information content (AvgIpc) is 3.10. The van der Waals surface area contributed by atoms with E-state index < -0.39 is 18.1 Å². The molecule has 3 aliphatic rings. The van der Waals surface area contributed by atoms with Gasteiger partial charge in [0.05, 0.1) is 25.2 Å². The van der Waals surface area contributed by atoms with Gasteiger partial charge >= 0.3 is 0 Å². The first-order valence-corrected chi connectivity index (χ1v) is 9.85. The fourth-order valence-corrected chi connectivity index (χ4v) is 3.83. The van der Waals surface area contributed by atoms with Crippen LogP contribution >= 0.6 is 0 Å². The lowest BCUT2D eigenvalue weighted by Crippen LogP contribution is -2.45. The Morgan fingerprint density at radius 1 is 1.29 bits per heavy atom. The highest BCUT2D eigenvalue weighted by molar-refractivity contribution is 5.86. The lowest BCUT2D eigenvalue weighted by Gasteiger charge is -2.20. The van der Waals surface area contributed by atoms with Crippen LogP contribution in [0.2, 0.25) is 0 Å². The van der Waals surface area contributed by atoms with E-state index in [1.54, 1.807) is 0 Å². The van der Waals surface area contributed by atoms with Crippen LogP contribution in [0.5, 0.6) is 0 Å². The molecule has 2 aliphatic carbocycles. The third kappa shape index (κ3) is 4.32. The first-order chi connectivity index (χ1) is 13.5. The number of likely N-dealkylation sites (tertiary alicyclic amines) is 1. The highest BCUT2D eigenvalue weighted by Crippen LogP contribution is 2.38. The van der Waals surface area contributed by atoms with Crippen LogP contribution in [-0.4, -0.2) is 63.1 Å². The summed E-state index contributed by atoms with van der Waals surface area (Å²) in [5, 5.41) is 19.6. The van der Waals surface area contributed by atoms with Gasteiger partial charge in [-0.2, -0.15) is 4.98 Å². The highest BCUT2D eigenvalue weighted by atomic mass is 16.5. The van der Waals surface area contributed by atoms with Gasteiger partial charge in [0.2, 0.25) is 23.6 Å². The molecule has 3 atom stereocenters. The Labute approximate surface area is 162 Å². The summed E-state index contributed by atoms with van der Waals surface area (Å²) in [6, 6.07) is -0.493. The Kier molecular flexibility index (Phi) is 5.29. The molecule has 2 heterocycles. The van der Waals surface area contributed by atoms with E-state index in [1.807, 2.05) is 0 Å². The fourth-order valence-electron chi connectivity index (χ4n) is 3.83. The second-order valence-corrected chi connectivity index (χ2v) is 7.87. The molecular weight excluding hydrogens is 366 g/mol. The number of aliphatic hydroxyl groups excluding tert-OH is 1. The third-order valence-corrected chi connectivity index (χ3v) is 5.58. The molecular formula is C18H25N5O5. The monoisotopic (exact) mass is 391 g/mol. The molecule has 2 saturated carbocycles. The average molecular weight is 391 g/mol.